The maximum Gasteiger partial charge on any atom is 0.255 e. The van der Waals surface area contributed by atoms with E-state index in [1.165, 1.54) is 11.9 Å². The van der Waals surface area contributed by atoms with Crippen molar-refractivity contribution < 1.29 is 22.3 Å². The van der Waals surface area contributed by atoms with Crippen molar-refractivity contribution in [2.75, 3.05) is 20.3 Å². The lowest BCUT2D eigenvalue weighted by atomic mass is 10.1. The van der Waals surface area contributed by atoms with Gasteiger partial charge in [0, 0.05) is 13.7 Å². The number of carbonyl (C=O) groups excluding carboxylic acids is 1. The second-order valence-electron chi connectivity index (χ2n) is 4.75. The van der Waals surface area contributed by atoms with Crippen molar-refractivity contribution >= 4 is 27.5 Å². The lowest BCUT2D eigenvalue weighted by Gasteiger charge is -2.23. The molecule has 1 amide bonds. The van der Waals surface area contributed by atoms with Crippen LogP contribution in [0.4, 0.5) is 4.39 Å². The van der Waals surface area contributed by atoms with E-state index in [4.69, 9.17) is 21.5 Å². The summed E-state index contributed by atoms with van der Waals surface area (Å²) in [6, 6.07) is 1.51. The Bertz CT molecular complexity index is 674. The second-order valence-corrected chi connectivity index (χ2v) is 6.68. The molecule has 1 saturated heterocycles. The van der Waals surface area contributed by atoms with E-state index in [1.807, 2.05) is 0 Å². The largest absolute Gasteiger partial charge is 0.379 e. The highest BCUT2D eigenvalue weighted by Gasteiger charge is 2.28. The molecule has 0 radical (unpaired) electrons. The molecule has 116 valence electrons. The Morgan fingerprint density at radius 3 is 2.71 bits per heavy atom. The monoisotopic (exact) mass is 336 g/mol. The smallest absolute Gasteiger partial charge is 0.255 e. The number of hydrogen-bond acceptors (Lipinski definition) is 4. The van der Waals surface area contributed by atoms with Gasteiger partial charge in [0.1, 0.15) is 5.82 Å². The number of amides is 1. The van der Waals surface area contributed by atoms with E-state index in [0.717, 1.165) is 6.07 Å². The first-order valence-electron chi connectivity index (χ1n) is 6.08. The Morgan fingerprint density at radius 1 is 1.52 bits per heavy atom. The molecule has 2 N–H and O–H groups in total. The van der Waals surface area contributed by atoms with Crippen molar-refractivity contribution in [3.05, 3.63) is 28.5 Å². The van der Waals surface area contributed by atoms with E-state index in [1.54, 1.807) is 0 Å². The van der Waals surface area contributed by atoms with Crippen molar-refractivity contribution in [1.82, 2.24) is 4.90 Å². The van der Waals surface area contributed by atoms with Crippen LogP contribution in [0, 0.1) is 5.82 Å². The number of nitrogens with two attached hydrogens (primary N) is 1. The molecule has 1 aromatic rings. The molecule has 0 aliphatic carbocycles. The number of rotatable bonds is 3. The third kappa shape index (κ3) is 3.34. The van der Waals surface area contributed by atoms with E-state index in [2.05, 4.69) is 0 Å². The molecular weight excluding hydrogens is 323 g/mol. The molecule has 1 aromatic carbocycles. The zero-order valence-corrected chi connectivity index (χ0v) is 12.7. The molecule has 2 rings (SSSR count). The third-order valence-corrected chi connectivity index (χ3v) is 4.61. The van der Waals surface area contributed by atoms with Crippen LogP contribution in [0.3, 0.4) is 0 Å². The van der Waals surface area contributed by atoms with E-state index < -0.39 is 31.7 Å². The van der Waals surface area contributed by atoms with Gasteiger partial charge in [-0.15, -0.1) is 0 Å². The van der Waals surface area contributed by atoms with Crippen LogP contribution in [-0.4, -0.2) is 45.5 Å². The molecule has 6 nitrogen and oxygen atoms in total. The van der Waals surface area contributed by atoms with Gasteiger partial charge in [-0.1, -0.05) is 11.6 Å². The number of hydrogen-bond donors (Lipinski definition) is 1. The SMILES string of the molecule is CN(C(=O)c1cc(S(N)(=O)=O)cc(F)c1Cl)C1CCOC1. The van der Waals surface area contributed by atoms with Gasteiger partial charge in [0.2, 0.25) is 10.0 Å². The Labute approximate surface area is 126 Å². The van der Waals surface area contributed by atoms with Gasteiger partial charge in [0.25, 0.3) is 5.91 Å². The summed E-state index contributed by atoms with van der Waals surface area (Å²) in [6.45, 7) is 0.902. The number of primary sulfonamides is 1. The summed E-state index contributed by atoms with van der Waals surface area (Å²) in [5, 5.41) is 4.53. The van der Waals surface area contributed by atoms with E-state index in [-0.39, 0.29) is 11.6 Å². The standard InChI is InChI=1S/C12H14ClFN2O4S/c1-16(7-2-3-20-6-7)12(17)9-4-8(21(15,18)19)5-10(14)11(9)13/h4-5,7H,2-3,6H2,1H3,(H2,15,18,19). The van der Waals surface area contributed by atoms with E-state index in [9.17, 15) is 17.6 Å². The minimum absolute atomic E-state index is 0.158. The van der Waals surface area contributed by atoms with Gasteiger partial charge in [-0.25, -0.2) is 17.9 Å². The number of likely N-dealkylation sites (N-methyl/N-ethyl adjacent to an activating group) is 1. The van der Waals surface area contributed by atoms with Crippen molar-refractivity contribution in [3.8, 4) is 0 Å². The minimum atomic E-state index is -4.14. The predicted molar refractivity (Wildman–Crippen MR) is 74.1 cm³/mol. The van der Waals surface area contributed by atoms with Crippen LogP contribution in [0.15, 0.2) is 17.0 Å². The molecule has 1 aliphatic heterocycles. The number of carbonyl (C=O) groups is 1. The van der Waals surface area contributed by atoms with Gasteiger partial charge in [-0.3, -0.25) is 4.79 Å². The van der Waals surface area contributed by atoms with E-state index >= 15 is 0 Å². The maximum absolute atomic E-state index is 13.7. The van der Waals surface area contributed by atoms with Gasteiger partial charge in [-0.05, 0) is 18.6 Å². The number of ether oxygens (including phenoxy) is 1. The van der Waals surface area contributed by atoms with Crippen LogP contribution < -0.4 is 5.14 Å². The normalized spacial score (nSPS) is 18.8. The van der Waals surface area contributed by atoms with Crippen molar-refractivity contribution in [2.45, 2.75) is 17.4 Å². The molecule has 0 aromatic heterocycles. The van der Waals surface area contributed by atoms with Gasteiger partial charge >= 0.3 is 0 Å². The third-order valence-electron chi connectivity index (χ3n) is 3.33. The molecule has 0 bridgehead atoms. The first kappa shape index (κ1) is 16.2. The van der Waals surface area contributed by atoms with Gasteiger partial charge in [0.15, 0.2) is 0 Å². The highest BCUT2D eigenvalue weighted by molar-refractivity contribution is 7.89. The molecule has 1 aliphatic rings. The summed E-state index contributed by atoms with van der Waals surface area (Å²) in [4.78, 5) is 13.2. The van der Waals surface area contributed by atoms with Gasteiger partial charge < -0.3 is 9.64 Å². The molecule has 21 heavy (non-hydrogen) atoms. The molecule has 1 unspecified atom stereocenters. The molecule has 1 atom stereocenters. The summed E-state index contributed by atoms with van der Waals surface area (Å²) in [5.74, 6) is -1.59. The summed E-state index contributed by atoms with van der Waals surface area (Å²) >= 11 is 5.77. The molecule has 0 spiro atoms. The maximum atomic E-state index is 13.7. The number of sulfonamides is 1. The predicted octanol–water partition coefficient (Wildman–Crippen LogP) is 0.987. The Hall–Kier alpha value is -1.22. The average Bonchev–Trinajstić information content (AvgIpc) is 2.92. The first-order chi connectivity index (χ1) is 9.71. The molecule has 0 saturated carbocycles. The van der Waals surface area contributed by atoms with Crippen molar-refractivity contribution in [3.63, 3.8) is 0 Å². The fourth-order valence-corrected chi connectivity index (χ4v) is 2.81. The van der Waals surface area contributed by atoms with Crippen LogP contribution in [0.25, 0.3) is 0 Å². The number of halogens is 2. The molecule has 9 heteroatoms. The summed E-state index contributed by atoms with van der Waals surface area (Å²) in [7, 11) is -2.61. The fourth-order valence-electron chi connectivity index (χ4n) is 2.07. The molecule has 1 fully saturated rings. The summed E-state index contributed by atoms with van der Waals surface area (Å²) in [5.41, 5.74) is -0.241. The lowest BCUT2D eigenvalue weighted by molar-refractivity contribution is 0.0710. The topological polar surface area (TPSA) is 89.7 Å². The van der Waals surface area contributed by atoms with E-state index in [0.29, 0.717) is 25.7 Å². The quantitative estimate of drug-likeness (QED) is 0.891. The van der Waals surface area contributed by atoms with Gasteiger partial charge in [-0.2, -0.15) is 0 Å². The Morgan fingerprint density at radius 2 is 2.19 bits per heavy atom. The Kier molecular flexibility index (Phi) is 4.52. The van der Waals surface area contributed by atoms with Crippen molar-refractivity contribution in [1.29, 1.82) is 0 Å². The highest BCUT2D eigenvalue weighted by Crippen LogP contribution is 2.26. The summed E-state index contributed by atoms with van der Waals surface area (Å²) in [6.07, 6.45) is 0.650. The first-order valence-corrected chi connectivity index (χ1v) is 8.01. The second kappa shape index (κ2) is 5.88. The van der Waals surface area contributed by atoms with Crippen LogP contribution in [0.2, 0.25) is 5.02 Å². The molecule has 1 heterocycles. The fraction of sp³-hybridized carbons (Fsp3) is 0.417. The minimum Gasteiger partial charge on any atom is -0.379 e. The number of benzene rings is 1. The zero-order chi connectivity index (χ0) is 15.8. The van der Waals surface area contributed by atoms with Crippen LogP contribution in [0.5, 0.6) is 0 Å². The average molecular weight is 337 g/mol. The van der Waals surface area contributed by atoms with Crippen molar-refractivity contribution in [2.24, 2.45) is 5.14 Å². The zero-order valence-electron chi connectivity index (χ0n) is 11.2. The van der Waals surface area contributed by atoms with Crippen LogP contribution in [0.1, 0.15) is 16.8 Å². The molecular formula is C12H14ClFN2O4S. The van der Waals surface area contributed by atoms with Crippen LogP contribution >= 0.6 is 11.6 Å². The Balaban J connectivity index is 2.42. The highest BCUT2D eigenvalue weighted by atomic mass is 35.5. The van der Waals surface area contributed by atoms with Gasteiger partial charge in [0.05, 0.1) is 28.1 Å². The lowest BCUT2D eigenvalue weighted by Crippen LogP contribution is -2.37. The number of nitrogens with zero attached hydrogens (tertiary/aromatic N) is 1. The van der Waals surface area contributed by atoms with Crippen LogP contribution in [-0.2, 0) is 14.8 Å². The summed E-state index contributed by atoms with van der Waals surface area (Å²) < 4.78 is 41.5.